The fourth-order valence-electron chi connectivity index (χ4n) is 2.18. The number of carbonyl (C=O) groups is 1. The Kier molecular flexibility index (Phi) is 3.41. The SMILES string of the molecule is Cc1nn(C)c(C)c1CNC(=O)C1(N)CCOC1. The maximum Gasteiger partial charge on any atom is 0.242 e. The molecular formula is C12H20N4O2. The predicted molar refractivity (Wildman–Crippen MR) is 66.9 cm³/mol. The summed E-state index contributed by atoms with van der Waals surface area (Å²) >= 11 is 0. The second-order valence-corrected chi connectivity index (χ2v) is 4.91. The molecule has 0 saturated carbocycles. The Hall–Kier alpha value is -1.40. The smallest absolute Gasteiger partial charge is 0.242 e. The highest BCUT2D eigenvalue weighted by molar-refractivity contribution is 5.86. The zero-order chi connectivity index (χ0) is 13.3. The van der Waals surface area contributed by atoms with Gasteiger partial charge < -0.3 is 15.8 Å². The van der Waals surface area contributed by atoms with Crippen molar-refractivity contribution in [3.05, 3.63) is 17.0 Å². The van der Waals surface area contributed by atoms with Crippen molar-refractivity contribution in [3.63, 3.8) is 0 Å². The molecule has 2 rings (SSSR count). The number of amides is 1. The molecule has 1 aromatic rings. The highest BCUT2D eigenvalue weighted by Crippen LogP contribution is 2.16. The standard InChI is InChI=1S/C12H20N4O2/c1-8-10(9(2)16(3)15-8)6-14-11(17)12(13)4-5-18-7-12/h4-7,13H2,1-3H3,(H,14,17). The van der Waals surface area contributed by atoms with E-state index in [4.69, 9.17) is 10.5 Å². The quantitative estimate of drug-likeness (QED) is 0.778. The van der Waals surface area contributed by atoms with Gasteiger partial charge in [-0.05, 0) is 20.3 Å². The van der Waals surface area contributed by atoms with Gasteiger partial charge in [-0.2, -0.15) is 5.10 Å². The average molecular weight is 252 g/mol. The summed E-state index contributed by atoms with van der Waals surface area (Å²) in [5.74, 6) is -0.150. The molecule has 3 N–H and O–H groups in total. The average Bonchev–Trinajstić information content (AvgIpc) is 2.85. The first kappa shape index (κ1) is 13.0. The third-order valence-electron chi connectivity index (χ3n) is 3.59. The molecule has 18 heavy (non-hydrogen) atoms. The topological polar surface area (TPSA) is 82.2 Å². The van der Waals surface area contributed by atoms with Crippen molar-refractivity contribution in [1.29, 1.82) is 0 Å². The minimum Gasteiger partial charge on any atom is -0.379 e. The van der Waals surface area contributed by atoms with E-state index in [0.29, 0.717) is 26.2 Å². The van der Waals surface area contributed by atoms with E-state index in [1.54, 1.807) is 0 Å². The van der Waals surface area contributed by atoms with E-state index in [9.17, 15) is 4.79 Å². The van der Waals surface area contributed by atoms with Crippen LogP contribution in [-0.4, -0.2) is 34.4 Å². The highest BCUT2D eigenvalue weighted by Gasteiger charge is 2.38. The molecule has 6 nitrogen and oxygen atoms in total. The summed E-state index contributed by atoms with van der Waals surface area (Å²) in [6.07, 6.45) is 0.573. The summed E-state index contributed by atoms with van der Waals surface area (Å²) in [6, 6.07) is 0. The Labute approximate surface area is 106 Å². The lowest BCUT2D eigenvalue weighted by Crippen LogP contribution is -2.54. The fraction of sp³-hybridized carbons (Fsp3) is 0.667. The van der Waals surface area contributed by atoms with Gasteiger partial charge in [-0.1, -0.05) is 0 Å². The van der Waals surface area contributed by atoms with E-state index in [-0.39, 0.29) is 5.91 Å². The summed E-state index contributed by atoms with van der Waals surface area (Å²) < 4.78 is 7.00. The monoisotopic (exact) mass is 252 g/mol. The third-order valence-corrected chi connectivity index (χ3v) is 3.59. The van der Waals surface area contributed by atoms with E-state index < -0.39 is 5.54 Å². The van der Waals surface area contributed by atoms with Gasteiger partial charge in [0.15, 0.2) is 0 Å². The number of rotatable bonds is 3. The van der Waals surface area contributed by atoms with Crippen molar-refractivity contribution < 1.29 is 9.53 Å². The van der Waals surface area contributed by atoms with Crippen LogP contribution >= 0.6 is 0 Å². The van der Waals surface area contributed by atoms with Crippen LogP contribution in [0.4, 0.5) is 0 Å². The van der Waals surface area contributed by atoms with E-state index in [1.165, 1.54) is 0 Å². The number of carbonyl (C=O) groups excluding carboxylic acids is 1. The maximum atomic E-state index is 12.0. The molecule has 1 fully saturated rings. The Morgan fingerprint density at radius 3 is 2.83 bits per heavy atom. The molecule has 6 heteroatoms. The second-order valence-electron chi connectivity index (χ2n) is 4.91. The Morgan fingerprint density at radius 2 is 2.33 bits per heavy atom. The predicted octanol–water partition coefficient (Wildman–Crippen LogP) is -0.229. The first-order valence-corrected chi connectivity index (χ1v) is 6.08. The van der Waals surface area contributed by atoms with Crippen LogP contribution in [0.15, 0.2) is 0 Å². The fourth-order valence-corrected chi connectivity index (χ4v) is 2.18. The number of nitrogens with two attached hydrogens (primary N) is 1. The van der Waals surface area contributed by atoms with Gasteiger partial charge in [-0.15, -0.1) is 0 Å². The van der Waals surface area contributed by atoms with Crippen LogP contribution in [-0.2, 0) is 23.1 Å². The van der Waals surface area contributed by atoms with Crippen LogP contribution in [0.2, 0.25) is 0 Å². The summed E-state index contributed by atoms with van der Waals surface area (Å²) in [6.45, 7) is 5.23. The molecule has 1 amide bonds. The van der Waals surface area contributed by atoms with Crippen molar-refractivity contribution in [3.8, 4) is 0 Å². The van der Waals surface area contributed by atoms with Crippen molar-refractivity contribution in [2.24, 2.45) is 12.8 Å². The van der Waals surface area contributed by atoms with Crippen molar-refractivity contribution in [1.82, 2.24) is 15.1 Å². The van der Waals surface area contributed by atoms with Gasteiger partial charge in [0.05, 0.1) is 12.3 Å². The number of hydrogen-bond acceptors (Lipinski definition) is 4. The zero-order valence-electron chi connectivity index (χ0n) is 11.1. The van der Waals surface area contributed by atoms with Crippen LogP contribution < -0.4 is 11.1 Å². The lowest BCUT2D eigenvalue weighted by Gasteiger charge is -2.20. The molecule has 2 heterocycles. The highest BCUT2D eigenvalue weighted by atomic mass is 16.5. The van der Waals surface area contributed by atoms with Gasteiger partial charge in [0, 0.05) is 31.5 Å². The molecule has 1 aliphatic heterocycles. The number of aryl methyl sites for hydroxylation is 2. The van der Waals surface area contributed by atoms with Crippen LogP contribution in [0.5, 0.6) is 0 Å². The van der Waals surface area contributed by atoms with Crippen molar-refractivity contribution in [2.75, 3.05) is 13.2 Å². The van der Waals surface area contributed by atoms with Crippen molar-refractivity contribution in [2.45, 2.75) is 32.4 Å². The number of nitrogens with zero attached hydrogens (tertiary/aromatic N) is 2. The Balaban J connectivity index is 2.01. The summed E-state index contributed by atoms with van der Waals surface area (Å²) in [5, 5.41) is 7.19. The minimum atomic E-state index is -0.871. The van der Waals surface area contributed by atoms with E-state index in [2.05, 4.69) is 10.4 Å². The van der Waals surface area contributed by atoms with Gasteiger partial charge in [0.1, 0.15) is 5.54 Å². The molecule has 0 radical (unpaired) electrons. The molecule has 0 bridgehead atoms. The molecule has 0 spiro atoms. The molecule has 1 atom stereocenters. The van der Waals surface area contributed by atoms with Crippen molar-refractivity contribution >= 4 is 5.91 Å². The van der Waals surface area contributed by atoms with Crippen LogP contribution in [0.3, 0.4) is 0 Å². The Morgan fingerprint density at radius 1 is 1.61 bits per heavy atom. The zero-order valence-corrected chi connectivity index (χ0v) is 11.1. The van der Waals surface area contributed by atoms with Gasteiger partial charge >= 0.3 is 0 Å². The molecule has 100 valence electrons. The van der Waals surface area contributed by atoms with Gasteiger partial charge in [0.25, 0.3) is 0 Å². The summed E-state index contributed by atoms with van der Waals surface area (Å²) in [4.78, 5) is 12.0. The first-order valence-electron chi connectivity index (χ1n) is 6.08. The Bertz CT molecular complexity index is 461. The minimum absolute atomic E-state index is 0.150. The molecular weight excluding hydrogens is 232 g/mol. The molecule has 0 aliphatic carbocycles. The number of aromatic nitrogens is 2. The second kappa shape index (κ2) is 4.70. The molecule has 1 unspecified atom stereocenters. The summed E-state index contributed by atoms with van der Waals surface area (Å²) in [5.41, 5.74) is 8.16. The molecule has 1 aromatic heterocycles. The number of hydrogen-bond donors (Lipinski definition) is 2. The van der Waals surface area contributed by atoms with Gasteiger partial charge in [-0.3, -0.25) is 9.48 Å². The van der Waals surface area contributed by atoms with Gasteiger partial charge in [0.2, 0.25) is 5.91 Å². The maximum absolute atomic E-state index is 12.0. The molecule has 0 aromatic carbocycles. The van der Waals surface area contributed by atoms with E-state index in [0.717, 1.165) is 17.0 Å². The largest absolute Gasteiger partial charge is 0.379 e. The van der Waals surface area contributed by atoms with E-state index >= 15 is 0 Å². The van der Waals surface area contributed by atoms with E-state index in [1.807, 2.05) is 25.6 Å². The summed E-state index contributed by atoms with van der Waals surface area (Å²) in [7, 11) is 1.89. The lowest BCUT2D eigenvalue weighted by molar-refractivity contribution is -0.126. The van der Waals surface area contributed by atoms with Crippen LogP contribution in [0, 0.1) is 13.8 Å². The first-order chi connectivity index (χ1) is 8.44. The molecule has 1 aliphatic rings. The number of nitrogens with one attached hydrogen (secondary N) is 1. The number of ether oxygens (including phenoxy) is 1. The van der Waals surface area contributed by atoms with Crippen LogP contribution in [0.25, 0.3) is 0 Å². The lowest BCUT2D eigenvalue weighted by atomic mass is 9.99. The third kappa shape index (κ3) is 2.26. The molecule has 1 saturated heterocycles. The van der Waals surface area contributed by atoms with Crippen LogP contribution in [0.1, 0.15) is 23.4 Å². The van der Waals surface area contributed by atoms with Gasteiger partial charge in [-0.25, -0.2) is 0 Å². The normalized spacial score (nSPS) is 23.3.